The van der Waals surface area contributed by atoms with Gasteiger partial charge < -0.3 is 10.4 Å². The molecule has 0 aromatic carbocycles. The first-order chi connectivity index (χ1) is 7.63. The van der Waals surface area contributed by atoms with Crippen LogP contribution in [0.5, 0.6) is 0 Å². The molecule has 0 spiro atoms. The van der Waals surface area contributed by atoms with Crippen molar-refractivity contribution >= 4 is 11.3 Å². The summed E-state index contributed by atoms with van der Waals surface area (Å²) in [6, 6.07) is 2.59. The number of aliphatic hydroxyl groups is 1. The molecule has 1 aliphatic rings. The summed E-state index contributed by atoms with van der Waals surface area (Å²) in [6.07, 6.45) is 3.86. The Kier molecular flexibility index (Phi) is 3.67. The summed E-state index contributed by atoms with van der Waals surface area (Å²) >= 11 is 1.64. The van der Waals surface area contributed by atoms with Gasteiger partial charge in [-0.1, -0.05) is 6.92 Å². The van der Waals surface area contributed by atoms with Crippen molar-refractivity contribution in [3.8, 4) is 0 Å². The van der Waals surface area contributed by atoms with Crippen LogP contribution in [0.3, 0.4) is 0 Å². The maximum absolute atomic E-state index is 10.4. The Morgan fingerprint density at radius 3 is 2.88 bits per heavy atom. The molecule has 3 heteroatoms. The highest BCUT2D eigenvalue weighted by atomic mass is 32.1. The van der Waals surface area contributed by atoms with Crippen LogP contribution in [0.25, 0.3) is 0 Å². The normalized spacial score (nSPS) is 21.7. The molecule has 1 aromatic heterocycles. The lowest BCUT2D eigenvalue weighted by atomic mass is 9.98. The largest absolute Gasteiger partial charge is 0.384 e. The smallest absolute Gasteiger partial charge is 0.1000 e. The molecule has 2 unspecified atom stereocenters. The average molecular weight is 239 g/mol. The van der Waals surface area contributed by atoms with Crippen LogP contribution >= 0.6 is 11.3 Å². The van der Waals surface area contributed by atoms with Gasteiger partial charge in [0, 0.05) is 12.6 Å². The third kappa shape index (κ3) is 2.84. The van der Waals surface area contributed by atoms with E-state index < -0.39 is 5.60 Å². The molecule has 16 heavy (non-hydrogen) atoms. The Labute approximate surface area is 102 Å². The summed E-state index contributed by atoms with van der Waals surface area (Å²) in [5, 5.41) is 17.9. The fourth-order valence-electron chi connectivity index (χ4n) is 2.15. The second-order valence-corrected chi connectivity index (χ2v) is 5.80. The zero-order valence-corrected chi connectivity index (χ0v) is 10.9. The van der Waals surface area contributed by atoms with Gasteiger partial charge >= 0.3 is 0 Å². The van der Waals surface area contributed by atoms with E-state index >= 15 is 0 Å². The van der Waals surface area contributed by atoms with Gasteiger partial charge in [-0.3, -0.25) is 0 Å². The van der Waals surface area contributed by atoms with Gasteiger partial charge in [-0.25, -0.2) is 0 Å². The van der Waals surface area contributed by atoms with E-state index in [1.165, 1.54) is 12.8 Å². The minimum Gasteiger partial charge on any atom is -0.384 e. The highest BCUT2D eigenvalue weighted by Crippen LogP contribution is 2.34. The first-order valence-electron chi connectivity index (χ1n) is 6.12. The van der Waals surface area contributed by atoms with E-state index in [4.69, 9.17) is 0 Å². The summed E-state index contributed by atoms with van der Waals surface area (Å²) in [7, 11) is 0. The number of thiophene rings is 1. The third-order valence-electron chi connectivity index (χ3n) is 3.48. The van der Waals surface area contributed by atoms with Crippen LogP contribution in [0.1, 0.15) is 38.7 Å². The number of hydrogen-bond donors (Lipinski definition) is 2. The summed E-state index contributed by atoms with van der Waals surface area (Å²) in [5.41, 5.74) is 0.290. The number of nitrogens with one attached hydrogen (secondary N) is 1. The van der Waals surface area contributed by atoms with E-state index in [9.17, 15) is 5.11 Å². The van der Waals surface area contributed by atoms with Crippen molar-refractivity contribution in [2.75, 3.05) is 6.54 Å². The topological polar surface area (TPSA) is 32.3 Å². The van der Waals surface area contributed by atoms with Crippen LogP contribution in [0.15, 0.2) is 16.8 Å². The van der Waals surface area contributed by atoms with Gasteiger partial charge in [-0.2, -0.15) is 11.3 Å². The minimum atomic E-state index is -0.734. The molecule has 90 valence electrons. The Morgan fingerprint density at radius 1 is 1.62 bits per heavy atom. The van der Waals surface area contributed by atoms with Crippen molar-refractivity contribution in [3.63, 3.8) is 0 Å². The fourth-order valence-corrected chi connectivity index (χ4v) is 2.93. The second kappa shape index (κ2) is 4.86. The van der Waals surface area contributed by atoms with E-state index in [0.29, 0.717) is 12.6 Å². The summed E-state index contributed by atoms with van der Waals surface area (Å²) in [4.78, 5) is 0. The van der Waals surface area contributed by atoms with Gasteiger partial charge in [-0.05, 0) is 54.5 Å². The van der Waals surface area contributed by atoms with Crippen LogP contribution in [0, 0.1) is 5.92 Å². The average Bonchev–Trinajstić information content (AvgIpc) is 2.93. The van der Waals surface area contributed by atoms with Gasteiger partial charge in [0.05, 0.1) is 5.60 Å². The number of rotatable bonds is 6. The lowest BCUT2D eigenvalue weighted by molar-refractivity contribution is 0.0532. The van der Waals surface area contributed by atoms with Gasteiger partial charge in [0.25, 0.3) is 0 Å². The Bertz CT molecular complexity index is 317. The van der Waals surface area contributed by atoms with Crippen molar-refractivity contribution in [1.29, 1.82) is 0 Å². The molecule has 1 saturated carbocycles. The molecular weight excluding hydrogens is 218 g/mol. The summed E-state index contributed by atoms with van der Waals surface area (Å²) in [5.74, 6) is 0.850. The molecule has 0 amide bonds. The second-order valence-electron chi connectivity index (χ2n) is 5.02. The van der Waals surface area contributed by atoms with Crippen LogP contribution in [-0.2, 0) is 5.60 Å². The van der Waals surface area contributed by atoms with E-state index in [1.807, 2.05) is 23.8 Å². The SMILES string of the molecule is CCC(NCC(C)(O)c1ccsc1)C1CC1. The predicted octanol–water partition coefficient (Wildman–Crippen LogP) is 2.73. The Morgan fingerprint density at radius 2 is 2.38 bits per heavy atom. The zero-order chi connectivity index (χ0) is 11.6. The molecule has 1 aliphatic carbocycles. The molecule has 0 radical (unpaired) electrons. The van der Waals surface area contributed by atoms with Crippen LogP contribution in [-0.4, -0.2) is 17.7 Å². The molecule has 0 saturated heterocycles. The van der Waals surface area contributed by atoms with Crippen molar-refractivity contribution in [3.05, 3.63) is 22.4 Å². The van der Waals surface area contributed by atoms with Gasteiger partial charge in [-0.15, -0.1) is 0 Å². The first-order valence-corrected chi connectivity index (χ1v) is 7.06. The predicted molar refractivity (Wildman–Crippen MR) is 68.7 cm³/mol. The molecule has 1 heterocycles. The van der Waals surface area contributed by atoms with Crippen molar-refractivity contribution in [2.45, 2.75) is 44.8 Å². The number of hydrogen-bond acceptors (Lipinski definition) is 3. The lowest BCUT2D eigenvalue weighted by Gasteiger charge is -2.26. The zero-order valence-electron chi connectivity index (χ0n) is 10.1. The van der Waals surface area contributed by atoms with E-state index in [2.05, 4.69) is 12.2 Å². The molecule has 2 rings (SSSR count). The highest BCUT2D eigenvalue weighted by molar-refractivity contribution is 7.08. The molecule has 2 nitrogen and oxygen atoms in total. The van der Waals surface area contributed by atoms with Crippen molar-refractivity contribution in [1.82, 2.24) is 5.32 Å². The standard InChI is InChI=1S/C13H21NOS/c1-3-12(10-4-5-10)14-9-13(2,15)11-6-7-16-8-11/h6-8,10,12,14-15H,3-5,9H2,1-2H3. The van der Waals surface area contributed by atoms with E-state index in [-0.39, 0.29) is 0 Å². The van der Waals surface area contributed by atoms with Crippen molar-refractivity contribution in [2.24, 2.45) is 5.92 Å². The fraction of sp³-hybridized carbons (Fsp3) is 0.692. The quantitative estimate of drug-likeness (QED) is 0.800. The third-order valence-corrected chi connectivity index (χ3v) is 4.17. The van der Waals surface area contributed by atoms with E-state index in [0.717, 1.165) is 17.9 Å². The molecule has 0 bridgehead atoms. The van der Waals surface area contributed by atoms with Crippen LogP contribution in [0.4, 0.5) is 0 Å². The Hall–Kier alpha value is -0.380. The molecule has 1 aromatic rings. The van der Waals surface area contributed by atoms with Crippen LogP contribution < -0.4 is 5.32 Å². The molecule has 1 fully saturated rings. The lowest BCUT2D eigenvalue weighted by Crippen LogP contribution is -2.41. The molecular formula is C13H21NOS. The van der Waals surface area contributed by atoms with Gasteiger partial charge in [0.2, 0.25) is 0 Å². The van der Waals surface area contributed by atoms with Gasteiger partial charge in [0.1, 0.15) is 0 Å². The van der Waals surface area contributed by atoms with E-state index in [1.54, 1.807) is 11.3 Å². The van der Waals surface area contributed by atoms with Gasteiger partial charge in [0.15, 0.2) is 0 Å². The maximum atomic E-state index is 10.4. The summed E-state index contributed by atoms with van der Waals surface area (Å²) in [6.45, 7) is 4.76. The maximum Gasteiger partial charge on any atom is 0.1000 e. The summed E-state index contributed by atoms with van der Waals surface area (Å²) < 4.78 is 0. The highest BCUT2D eigenvalue weighted by Gasteiger charge is 2.32. The molecule has 0 aliphatic heterocycles. The Balaban J connectivity index is 1.88. The van der Waals surface area contributed by atoms with Crippen LogP contribution in [0.2, 0.25) is 0 Å². The molecule has 2 N–H and O–H groups in total. The molecule has 2 atom stereocenters. The monoisotopic (exact) mass is 239 g/mol. The van der Waals surface area contributed by atoms with Crippen molar-refractivity contribution < 1.29 is 5.11 Å². The minimum absolute atomic E-state index is 0.588. The first kappa shape index (κ1) is 12.1.